The minimum atomic E-state index is -0.360. The number of nitrogens with zero attached hydrogens (tertiary/aromatic N) is 3. The van der Waals surface area contributed by atoms with Crippen LogP contribution in [0, 0.1) is 0 Å². The quantitative estimate of drug-likeness (QED) is 0.477. The van der Waals surface area contributed by atoms with E-state index in [1.807, 2.05) is 0 Å². The molecule has 3 rings (SSSR count). The van der Waals surface area contributed by atoms with Gasteiger partial charge in [-0.1, -0.05) is 11.6 Å². The highest BCUT2D eigenvalue weighted by molar-refractivity contribution is 6.31. The third-order valence-electron chi connectivity index (χ3n) is 3.54. The number of hydrogen-bond donors (Lipinski definition) is 4. The molecule has 2 aromatic heterocycles. The summed E-state index contributed by atoms with van der Waals surface area (Å²) in [5, 5.41) is 3.57. The lowest BCUT2D eigenvalue weighted by Crippen LogP contribution is -2.30. The molecule has 0 saturated heterocycles. The van der Waals surface area contributed by atoms with Crippen LogP contribution in [-0.4, -0.2) is 28.0 Å². The third-order valence-corrected chi connectivity index (χ3v) is 3.77. The third kappa shape index (κ3) is 4.33. The Balaban J connectivity index is 1.76. The van der Waals surface area contributed by atoms with Crippen LogP contribution in [0.5, 0.6) is 5.75 Å². The van der Waals surface area contributed by atoms with E-state index in [4.69, 9.17) is 22.1 Å². The zero-order valence-corrected chi connectivity index (χ0v) is 15.0. The molecular formula is C17H16ClN7O2. The molecule has 27 heavy (non-hydrogen) atoms. The molecule has 0 fully saturated rings. The van der Waals surface area contributed by atoms with Crippen molar-refractivity contribution in [1.29, 1.82) is 0 Å². The zero-order valence-electron chi connectivity index (χ0n) is 14.2. The van der Waals surface area contributed by atoms with Crippen molar-refractivity contribution >= 4 is 40.5 Å². The number of hydrogen-bond acceptors (Lipinski definition) is 8. The summed E-state index contributed by atoms with van der Waals surface area (Å²) in [7, 11) is 1.54. The Morgan fingerprint density at radius 1 is 1.15 bits per heavy atom. The molecule has 9 nitrogen and oxygen atoms in total. The predicted molar refractivity (Wildman–Crippen MR) is 103 cm³/mol. The Kier molecular flexibility index (Phi) is 5.53. The van der Waals surface area contributed by atoms with E-state index in [0.717, 1.165) is 0 Å². The van der Waals surface area contributed by atoms with Crippen LogP contribution in [-0.2, 0) is 0 Å². The van der Waals surface area contributed by atoms with E-state index in [-0.39, 0.29) is 17.4 Å². The van der Waals surface area contributed by atoms with E-state index in [1.165, 1.54) is 18.7 Å². The first-order valence-electron chi connectivity index (χ1n) is 7.76. The predicted octanol–water partition coefficient (Wildman–Crippen LogP) is 2.62. The van der Waals surface area contributed by atoms with Crippen LogP contribution in [0.3, 0.4) is 0 Å². The normalized spacial score (nSPS) is 10.1. The van der Waals surface area contributed by atoms with Crippen LogP contribution in [0.25, 0.3) is 0 Å². The van der Waals surface area contributed by atoms with Crippen LogP contribution < -0.4 is 26.6 Å². The minimum Gasteiger partial charge on any atom is -0.495 e. The van der Waals surface area contributed by atoms with Crippen molar-refractivity contribution in [3.8, 4) is 5.75 Å². The number of ether oxygens (including phenoxy) is 1. The number of rotatable bonds is 6. The van der Waals surface area contributed by atoms with E-state index in [2.05, 4.69) is 31.1 Å². The number of methoxy groups -OCH3 is 1. The molecule has 0 aliphatic rings. The number of pyridine rings is 1. The first-order chi connectivity index (χ1) is 13.1. The largest absolute Gasteiger partial charge is 0.495 e. The van der Waals surface area contributed by atoms with E-state index >= 15 is 0 Å². The first-order valence-corrected chi connectivity index (χ1v) is 8.13. The molecule has 0 aliphatic heterocycles. The number of carbonyl (C=O) groups is 1. The Labute approximate surface area is 159 Å². The average molecular weight is 386 g/mol. The molecule has 0 bridgehead atoms. The van der Waals surface area contributed by atoms with Gasteiger partial charge in [-0.15, -0.1) is 0 Å². The lowest BCUT2D eigenvalue weighted by molar-refractivity contribution is 0.0962. The number of nitrogens with two attached hydrogens (primary N) is 1. The highest BCUT2D eigenvalue weighted by Crippen LogP contribution is 2.32. The van der Waals surface area contributed by atoms with Gasteiger partial charge in [0.2, 0.25) is 0 Å². The molecule has 3 aromatic rings. The van der Waals surface area contributed by atoms with Gasteiger partial charge in [-0.3, -0.25) is 20.6 Å². The van der Waals surface area contributed by atoms with Gasteiger partial charge >= 0.3 is 0 Å². The highest BCUT2D eigenvalue weighted by atomic mass is 35.5. The smallest absolute Gasteiger partial charge is 0.269 e. The summed E-state index contributed by atoms with van der Waals surface area (Å²) in [5.74, 6) is 0.765. The molecular weight excluding hydrogens is 370 g/mol. The molecule has 0 atom stereocenters. The van der Waals surface area contributed by atoms with E-state index in [9.17, 15) is 4.79 Å². The lowest BCUT2D eigenvalue weighted by atomic mass is 10.2. The fourth-order valence-electron chi connectivity index (χ4n) is 2.19. The van der Waals surface area contributed by atoms with Crippen molar-refractivity contribution in [3.63, 3.8) is 0 Å². The Morgan fingerprint density at radius 3 is 2.63 bits per heavy atom. The molecule has 0 aliphatic carbocycles. The Hall–Kier alpha value is -3.59. The highest BCUT2D eigenvalue weighted by Gasteiger charge is 2.12. The van der Waals surface area contributed by atoms with E-state index in [1.54, 1.807) is 37.4 Å². The van der Waals surface area contributed by atoms with Gasteiger partial charge in [0.1, 0.15) is 17.8 Å². The van der Waals surface area contributed by atoms with Crippen molar-refractivity contribution in [2.45, 2.75) is 0 Å². The van der Waals surface area contributed by atoms with Gasteiger partial charge in [-0.25, -0.2) is 9.97 Å². The van der Waals surface area contributed by atoms with Gasteiger partial charge in [0, 0.05) is 23.0 Å². The first kappa shape index (κ1) is 18.2. The number of nitrogen functional groups attached to an aromatic ring is 1. The Morgan fingerprint density at radius 2 is 1.89 bits per heavy atom. The van der Waals surface area contributed by atoms with E-state index < -0.39 is 0 Å². The Bertz CT molecular complexity index is 953. The van der Waals surface area contributed by atoms with Crippen LogP contribution in [0.1, 0.15) is 10.4 Å². The van der Waals surface area contributed by atoms with Crippen molar-refractivity contribution < 1.29 is 9.53 Å². The topological polar surface area (TPSA) is 127 Å². The fourth-order valence-corrected chi connectivity index (χ4v) is 2.36. The summed E-state index contributed by atoms with van der Waals surface area (Å²) >= 11 is 6.03. The number of carbonyl (C=O) groups excluding carboxylic acids is 1. The maximum atomic E-state index is 12.1. The molecule has 0 radical (unpaired) electrons. The summed E-state index contributed by atoms with van der Waals surface area (Å²) in [4.78, 5) is 24.1. The summed E-state index contributed by atoms with van der Waals surface area (Å²) in [6.07, 6.45) is 4.35. The van der Waals surface area contributed by atoms with Crippen LogP contribution in [0.4, 0.5) is 23.0 Å². The van der Waals surface area contributed by atoms with Crippen molar-refractivity contribution in [2.75, 3.05) is 23.6 Å². The van der Waals surface area contributed by atoms with E-state index in [0.29, 0.717) is 27.8 Å². The maximum Gasteiger partial charge on any atom is 0.269 e. The minimum absolute atomic E-state index is 0.203. The van der Waals surface area contributed by atoms with Crippen LogP contribution in [0.2, 0.25) is 5.02 Å². The fraction of sp³-hybridized carbons (Fsp3) is 0.0588. The van der Waals surface area contributed by atoms with Gasteiger partial charge in [0.15, 0.2) is 11.6 Å². The molecule has 0 saturated carbocycles. The molecule has 5 N–H and O–H groups in total. The number of nitrogens with one attached hydrogen (secondary N) is 3. The number of hydrazine groups is 1. The second kappa shape index (κ2) is 8.19. The van der Waals surface area contributed by atoms with Gasteiger partial charge in [0.25, 0.3) is 5.91 Å². The molecule has 10 heteroatoms. The number of benzene rings is 1. The summed E-state index contributed by atoms with van der Waals surface area (Å²) < 4.78 is 5.29. The van der Waals surface area contributed by atoms with Crippen molar-refractivity contribution in [1.82, 2.24) is 20.4 Å². The van der Waals surface area contributed by atoms with Gasteiger partial charge < -0.3 is 15.8 Å². The maximum absolute atomic E-state index is 12.1. The van der Waals surface area contributed by atoms with Gasteiger partial charge in [-0.2, -0.15) is 0 Å². The number of aromatic nitrogens is 3. The van der Waals surface area contributed by atoms with Crippen LogP contribution >= 0.6 is 11.6 Å². The summed E-state index contributed by atoms with van der Waals surface area (Å²) in [6.45, 7) is 0. The molecule has 2 heterocycles. The molecule has 0 spiro atoms. The summed E-state index contributed by atoms with van der Waals surface area (Å²) in [6, 6.07) is 8.27. The number of amides is 1. The average Bonchev–Trinajstić information content (AvgIpc) is 2.69. The molecule has 0 unspecified atom stereocenters. The standard InChI is InChI=1S/C17H16ClN7O2/c1-27-13-3-2-11(18)8-12(13)23-15-14(19)16(22-9-21-15)24-25-17(26)10-4-6-20-7-5-10/h2-9H,19H2,1H3,(H,25,26)(H2,21,22,23,24). The van der Waals surface area contributed by atoms with Crippen molar-refractivity contribution in [2.24, 2.45) is 0 Å². The van der Waals surface area contributed by atoms with Gasteiger partial charge in [-0.05, 0) is 30.3 Å². The lowest BCUT2D eigenvalue weighted by Gasteiger charge is -2.15. The summed E-state index contributed by atoms with van der Waals surface area (Å²) in [5.41, 5.74) is 12.5. The van der Waals surface area contributed by atoms with Gasteiger partial charge in [0.05, 0.1) is 12.8 Å². The SMILES string of the molecule is COc1ccc(Cl)cc1Nc1ncnc(NNC(=O)c2ccncc2)c1N. The number of halogens is 1. The monoisotopic (exact) mass is 385 g/mol. The van der Waals surface area contributed by atoms with Crippen LogP contribution in [0.15, 0.2) is 49.1 Å². The zero-order chi connectivity index (χ0) is 19.2. The second-order valence-electron chi connectivity index (χ2n) is 5.27. The second-order valence-corrected chi connectivity index (χ2v) is 5.71. The molecule has 1 amide bonds. The number of anilines is 4. The van der Waals surface area contributed by atoms with Crippen molar-refractivity contribution in [3.05, 3.63) is 59.6 Å². The molecule has 1 aromatic carbocycles. The molecule has 138 valence electrons.